The fourth-order valence-electron chi connectivity index (χ4n) is 1.99. The number of aromatic amines is 1. The zero-order chi connectivity index (χ0) is 14.2. The number of nitrogens with zero attached hydrogens (tertiary/aromatic N) is 4. The molecule has 104 valence electrons. The monoisotopic (exact) mass is 270 g/mol. The van der Waals surface area contributed by atoms with Crippen LogP contribution in [0.5, 0.6) is 0 Å². The summed E-state index contributed by atoms with van der Waals surface area (Å²) in [5, 5.41) is 7.89. The molecule has 0 spiro atoms. The van der Waals surface area contributed by atoms with Crippen LogP contribution in [0, 0.1) is 0 Å². The van der Waals surface area contributed by atoms with Crippen molar-refractivity contribution in [1.82, 2.24) is 24.6 Å². The van der Waals surface area contributed by atoms with Gasteiger partial charge in [-0.15, -0.1) is 0 Å². The highest BCUT2D eigenvalue weighted by Gasteiger charge is 2.19. The molecule has 0 bridgehead atoms. The molecular formula is C14H18N6. The van der Waals surface area contributed by atoms with E-state index >= 15 is 0 Å². The van der Waals surface area contributed by atoms with Crippen molar-refractivity contribution in [2.75, 3.05) is 5.32 Å². The van der Waals surface area contributed by atoms with Gasteiger partial charge in [0.15, 0.2) is 5.82 Å². The predicted molar refractivity (Wildman–Crippen MR) is 77.6 cm³/mol. The number of hydrogen-bond donors (Lipinski definition) is 2. The van der Waals surface area contributed by atoms with Crippen LogP contribution in [0.4, 0.5) is 5.82 Å². The molecule has 0 aliphatic rings. The first kappa shape index (κ1) is 12.7. The van der Waals surface area contributed by atoms with E-state index in [0.29, 0.717) is 6.54 Å². The van der Waals surface area contributed by atoms with Gasteiger partial charge in [-0.3, -0.25) is 0 Å². The Hall–Kier alpha value is -2.37. The summed E-state index contributed by atoms with van der Waals surface area (Å²) in [7, 11) is 0. The zero-order valence-corrected chi connectivity index (χ0v) is 11.9. The normalized spacial score (nSPS) is 11.9. The van der Waals surface area contributed by atoms with Crippen molar-refractivity contribution in [3.8, 4) is 0 Å². The van der Waals surface area contributed by atoms with E-state index in [0.717, 1.165) is 22.9 Å². The average molecular weight is 270 g/mol. The molecule has 3 heterocycles. The number of aromatic nitrogens is 5. The summed E-state index contributed by atoms with van der Waals surface area (Å²) >= 11 is 0. The van der Waals surface area contributed by atoms with E-state index in [2.05, 4.69) is 52.2 Å². The van der Waals surface area contributed by atoms with Crippen molar-refractivity contribution in [2.45, 2.75) is 32.7 Å². The molecule has 0 radical (unpaired) electrons. The Morgan fingerprint density at radius 1 is 1.25 bits per heavy atom. The molecule has 2 N–H and O–H groups in total. The van der Waals surface area contributed by atoms with Crippen LogP contribution < -0.4 is 5.32 Å². The van der Waals surface area contributed by atoms with Gasteiger partial charge >= 0.3 is 0 Å². The Kier molecular flexibility index (Phi) is 2.93. The average Bonchev–Trinajstić information content (AvgIpc) is 3.04. The molecular weight excluding hydrogens is 252 g/mol. The van der Waals surface area contributed by atoms with E-state index in [4.69, 9.17) is 0 Å². The summed E-state index contributed by atoms with van der Waals surface area (Å²) in [6.45, 7) is 7.06. The number of H-pyrrole nitrogens is 1. The lowest BCUT2D eigenvalue weighted by Gasteiger charge is -2.13. The van der Waals surface area contributed by atoms with Crippen LogP contribution >= 0.6 is 0 Å². The lowest BCUT2D eigenvalue weighted by atomic mass is 9.92. The van der Waals surface area contributed by atoms with E-state index in [1.807, 2.05) is 16.9 Å². The first-order valence-electron chi connectivity index (χ1n) is 6.61. The maximum Gasteiger partial charge on any atom is 0.152 e. The highest BCUT2D eigenvalue weighted by Crippen LogP contribution is 2.24. The second kappa shape index (κ2) is 4.63. The molecule has 0 saturated heterocycles. The molecule has 3 aromatic heterocycles. The highest BCUT2D eigenvalue weighted by atomic mass is 15.2. The van der Waals surface area contributed by atoms with Gasteiger partial charge in [-0.25, -0.2) is 14.5 Å². The molecule has 0 aliphatic heterocycles. The lowest BCUT2D eigenvalue weighted by Crippen LogP contribution is -2.11. The van der Waals surface area contributed by atoms with Gasteiger partial charge in [0.1, 0.15) is 11.3 Å². The van der Waals surface area contributed by atoms with Crippen LogP contribution in [0.2, 0.25) is 0 Å². The molecule has 0 unspecified atom stereocenters. The third kappa shape index (κ3) is 2.36. The molecule has 0 amide bonds. The Bertz CT molecular complexity index is 705. The summed E-state index contributed by atoms with van der Waals surface area (Å²) in [6, 6.07) is 2.08. The number of imidazole rings is 1. The molecule has 0 aromatic carbocycles. The van der Waals surface area contributed by atoms with Crippen molar-refractivity contribution in [3.63, 3.8) is 0 Å². The number of hydrogen-bond acceptors (Lipinski definition) is 4. The second-order valence-electron chi connectivity index (χ2n) is 5.77. The number of rotatable bonds is 3. The van der Waals surface area contributed by atoms with Crippen LogP contribution in [-0.2, 0) is 12.0 Å². The molecule has 3 rings (SSSR count). The van der Waals surface area contributed by atoms with Gasteiger partial charge in [-0.05, 0) is 6.07 Å². The van der Waals surface area contributed by atoms with Crippen molar-refractivity contribution >= 4 is 11.3 Å². The Morgan fingerprint density at radius 3 is 2.80 bits per heavy atom. The Morgan fingerprint density at radius 2 is 2.10 bits per heavy atom. The lowest BCUT2D eigenvalue weighted by molar-refractivity contribution is 0.562. The minimum atomic E-state index is 0.0182. The van der Waals surface area contributed by atoms with Gasteiger partial charge < -0.3 is 10.3 Å². The predicted octanol–water partition coefficient (Wildman–Crippen LogP) is 2.36. The molecule has 0 atom stereocenters. The summed E-state index contributed by atoms with van der Waals surface area (Å²) < 4.78 is 1.86. The fourth-order valence-corrected chi connectivity index (χ4v) is 1.99. The molecule has 0 saturated carbocycles. The highest BCUT2D eigenvalue weighted by molar-refractivity contribution is 5.68. The second-order valence-corrected chi connectivity index (χ2v) is 5.77. The molecule has 6 heteroatoms. The van der Waals surface area contributed by atoms with E-state index < -0.39 is 0 Å². The van der Waals surface area contributed by atoms with Crippen LogP contribution in [0.1, 0.15) is 32.3 Å². The minimum absolute atomic E-state index is 0.0182. The van der Waals surface area contributed by atoms with E-state index in [1.54, 1.807) is 12.4 Å². The standard InChI is InChI=1S/C14H18N6/c1-14(2,3)11-8-10-13(17-6-7-20(10)19-11)18-9-12-15-4-5-16-12/h4-8H,9H2,1-3H3,(H,15,16)(H,17,18). The first-order chi connectivity index (χ1) is 9.54. The fraction of sp³-hybridized carbons (Fsp3) is 0.357. The van der Waals surface area contributed by atoms with Crippen molar-refractivity contribution < 1.29 is 0 Å². The molecule has 0 fully saturated rings. The van der Waals surface area contributed by atoms with Gasteiger partial charge in [-0.2, -0.15) is 5.10 Å². The molecule has 20 heavy (non-hydrogen) atoms. The first-order valence-corrected chi connectivity index (χ1v) is 6.61. The van der Waals surface area contributed by atoms with Gasteiger partial charge in [0.2, 0.25) is 0 Å². The third-order valence-corrected chi connectivity index (χ3v) is 3.14. The SMILES string of the molecule is CC(C)(C)c1cc2c(NCc3ncc[nH]3)nccn2n1. The quantitative estimate of drug-likeness (QED) is 0.766. The van der Waals surface area contributed by atoms with Gasteiger partial charge in [0, 0.05) is 30.2 Å². The van der Waals surface area contributed by atoms with E-state index in [9.17, 15) is 0 Å². The Labute approximate surface area is 117 Å². The topological polar surface area (TPSA) is 70.9 Å². The van der Waals surface area contributed by atoms with Crippen LogP contribution in [0.15, 0.2) is 30.9 Å². The van der Waals surface area contributed by atoms with Gasteiger partial charge in [-0.1, -0.05) is 20.8 Å². The minimum Gasteiger partial charge on any atom is -0.361 e. The summed E-state index contributed by atoms with van der Waals surface area (Å²) in [5.41, 5.74) is 2.04. The third-order valence-electron chi connectivity index (χ3n) is 3.14. The van der Waals surface area contributed by atoms with Crippen molar-refractivity contribution in [2.24, 2.45) is 0 Å². The molecule has 3 aromatic rings. The van der Waals surface area contributed by atoms with Crippen molar-refractivity contribution in [3.05, 3.63) is 42.4 Å². The largest absolute Gasteiger partial charge is 0.361 e. The van der Waals surface area contributed by atoms with E-state index in [1.165, 1.54) is 0 Å². The van der Waals surface area contributed by atoms with E-state index in [-0.39, 0.29) is 5.41 Å². The van der Waals surface area contributed by atoms with Crippen LogP contribution in [0.25, 0.3) is 5.52 Å². The smallest absolute Gasteiger partial charge is 0.152 e. The number of anilines is 1. The molecule has 6 nitrogen and oxygen atoms in total. The van der Waals surface area contributed by atoms with Crippen LogP contribution in [0.3, 0.4) is 0 Å². The summed E-state index contributed by atoms with van der Waals surface area (Å²) in [5.74, 6) is 1.69. The summed E-state index contributed by atoms with van der Waals surface area (Å²) in [6.07, 6.45) is 7.16. The summed E-state index contributed by atoms with van der Waals surface area (Å²) in [4.78, 5) is 11.6. The van der Waals surface area contributed by atoms with Gasteiger partial charge in [0.25, 0.3) is 0 Å². The van der Waals surface area contributed by atoms with Gasteiger partial charge in [0.05, 0.1) is 12.2 Å². The Balaban J connectivity index is 1.92. The molecule has 0 aliphatic carbocycles. The zero-order valence-electron chi connectivity index (χ0n) is 11.9. The van der Waals surface area contributed by atoms with Crippen molar-refractivity contribution in [1.29, 1.82) is 0 Å². The number of fused-ring (bicyclic) bond motifs is 1. The number of nitrogens with one attached hydrogen (secondary N) is 2. The van der Waals surface area contributed by atoms with Crippen LogP contribution in [-0.4, -0.2) is 24.6 Å². The maximum absolute atomic E-state index is 4.60. The maximum atomic E-state index is 4.60.